The number of benzene rings is 2. The number of hydrogen-bond acceptors (Lipinski definition) is 5. The Morgan fingerprint density at radius 3 is 2.40 bits per heavy atom. The monoisotopic (exact) mass is 339 g/mol. The van der Waals surface area contributed by atoms with Crippen molar-refractivity contribution in [3.63, 3.8) is 0 Å². The molecule has 0 saturated carbocycles. The van der Waals surface area contributed by atoms with E-state index in [2.05, 4.69) is 20.5 Å². The smallest absolute Gasteiger partial charge is 0.168 e. The van der Waals surface area contributed by atoms with Gasteiger partial charge in [0.2, 0.25) is 0 Å². The molecule has 0 radical (unpaired) electrons. The van der Waals surface area contributed by atoms with E-state index in [9.17, 15) is 0 Å². The van der Waals surface area contributed by atoms with Crippen molar-refractivity contribution in [3.8, 4) is 17.2 Å². The molecule has 2 aromatic carbocycles. The van der Waals surface area contributed by atoms with Gasteiger partial charge in [0.25, 0.3) is 0 Å². The third kappa shape index (κ3) is 2.78. The Bertz CT molecular complexity index is 868. The lowest BCUT2D eigenvalue weighted by Crippen LogP contribution is -2.36. The van der Waals surface area contributed by atoms with Gasteiger partial charge in [0.1, 0.15) is 17.6 Å². The van der Waals surface area contributed by atoms with Crippen molar-refractivity contribution in [1.82, 2.24) is 9.55 Å². The van der Waals surface area contributed by atoms with Gasteiger partial charge < -0.3 is 19.1 Å². The predicted octanol–water partition coefficient (Wildman–Crippen LogP) is 2.88. The molecule has 0 N–H and O–H groups in total. The second-order valence-electron chi connectivity index (χ2n) is 5.90. The number of rotatable bonds is 4. The van der Waals surface area contributed by atoms with Crippen molar-refractivity contribution < 1.29 is 14.2 Å². The first kappa shape index (κ1) is 15.8. The van der Waals surface area contributed by atoms with Crippen LogP contribution in [0.25, 0.3) is 16.7 Å². The van der Waals surface area contributed by atoms with Crippen LogP contribution in [-0.2, 0) is 4.74 Å². The van der Waals surface area contributed by atoms with Gasteiger partial charge in [-0.25, -0.2) is 4.98 Å². The first-order chi connectivity index (χ1) is 12.3. The molecular weight excluding hydrogens is 318 g/mol. The maximum Gasteiger partial charge on any atom is 0.168 e. The molecule has 0 atom stereocenters. The number of fused-ring (bicyclic) bond motifs is 1. The molecule has 1 aliphatic rings. The maximum absolute atomic E-state index is 5.81. The van der Waals surface area contributed by atoms with Crippen LogP contribution < -0.4 is 14.4 Å². The molecule has 6 heteroatoms. The van der Waals surface area contributed by atoms with Gasteiger partial charge in [0.15, 0.2) is 5.75 Å². The highest BCUT2D eigenvalue weighted by Crippen LogP contribution is 2.37. The van der Waals surface area contributed by atoms with E-state index >= 15 is 0 Å². The van der Waals surface area contributed by atoms with Crippen molar-refractivity contribution in [1.29, 1.82) is 0 Å². The van der Waals surface area contributed by atoms with Crippen LogP contribution in [0.5, 0.6) is 11.5 Å². The van der Waals surface area contributed by atoms with E-state index in [4.69, 9.17) is 14.2 Å². The number of ether oxygens (including phenoxy) is 3. The van der Waals surface area contributed by atoms with Gasteiger partial charge >= 0.3 is 0 Å². The first-order valence-corrected chi connectivity index (χ1v) is 8.33. The summed E-state index contributed by atoms with van der Waals surface area (Å²) in [6, 6.07) is 12.0. The highest BCUT2D eigenvalue weighted by atomic mass is 16.5. The summed E-state index contributed by atoms with van der Waals surface area (Å²) in [5.41, 5.74) is 3.97. The number of methoxy groups -OCH3 is 2. The summed E-state index contributed by atoms with van der Waals surface area (Å²) in [6.07, 6.45) is 1.83. The standard InChI is InChI=1S/C19H21N3O3/c1-23-15-5-3-14(4-6-15)22-13-20-16-7-8-17(19(24-2)18(16)22)21-9-11-25-12-10-21/h3-8,13H,9-12H2,1-2H3. The normalized spacial score (nSPS) is 14.7. The summed E-state index contributed by atoms with van der Waals surface area (Å²) in [4.78, 5) is 6.84. The van der Waals surface area contributed by atoms with Gasteiger partial charge in [0.05, 0.1) is 38.6 Å². The zero-order valence-corrected chi connectivity index (χ0v) is 14.4. The Labute approximate surface area is 146 Å². The zero-order valence-electron chi connectivity index (χ0n) is 14.4. The Hall–Kier alpha value is -2.73. The van der Waals surface area contributed by atoms with Crippen LogP contribution in [-0.4, -0.2) is 50.1 Å². The number of morpholine rings is 1. The lowest BCUT2D eigenvalue weighted by Gasteiger charge is -2.30. The molecule has 0 bridgehead atoms. The summed E-state index contributed by atoms with van der Waals surface area (Å²) in [5.74, 6) is 1.67. The van der Waals surface area contributed by atoms with Crippen LogP contribution in [0.15, 0.2) is 42.7 Å². The van der Waals surface area contributed by atoms with Gasteiger partial charge in [0, 0.05) is 18.8 Å². The van der Waals surface area contributed by atoms with E-state index < -0.39 is 0 Å². The summed E-state index contributed by atoms with van der Waals surface area (Å²) in [5, 5.41) is 0. The van der Waals surface area contributed by atoms with Crippen LogP contribution in [0, 0.1) is 0 Å². The highest BCUT2D eigenvalue weighted by Gasteiger charge is 2.20. The van der Waals surface area contributed by atoms with E-state index in [-0.39, 0.29) is 0 Å². The fourth-order valence-electron chi connectivity index (χ4n) is 3.26. The number of imidazole rings is 1. The van der Waals surface area contributed by atoms with Crippen LogP contribution in [0.1, 0.15) is 0 Å². The van der Waals surface area contributed by atoms with Gasteiger partial charge in [-0.15, -0.1) is 0 Å². The fraction of sp³-hybridized carbons (Fsp3) is 0.316. The summed E-state index contributed by atoms with van der Waals surface area (Å²) >= 11 is 0. The van der Waals surface area contributed by atoms with Crippen molar-refractivity contribution in [3.05, 3.63) is 42.7 Å². The first-order valence-electron chi connectivity index (χ1n) is 8.33. The summed E-state index contributed by atoms with van der Waals surface area (Å²) in [6.45, 7) is 3.19. The topological polar surface area (TPSA) is 48.8 Å². The zero-order chi connectivity index (χ0) is 17.2. The highest BCUT2D eigenvalue weighted by molar-refractivity contribution is 5.90. The second-order valence-corrected chi connectivity index (χ2v) is 5.90. The fourth-order valence-corrected chi connectivity index (χ4v) is 3.26. The van der Waals surface area contributed by atoms with Crippen molar-refractivity contribution in [2.24, 2.45) is 0 Å². The Kier molecular flexibility index (Phi) is 4.19. The van der Waals surface area contributed by atoms with E-state index in [0.717, 1.165) is 60.2 Å². The molecule has 1 fully saturated rings. The third-order valence-corrected chi connectivity index (χ3v) is 4.55. The molecule has 0 unspecified atom stereocenters. The van der Waals surface area contributed by atoms with Gasteiger partial charge in [-0.05, 0) is 36.4 Å². The van der Waals surface area contributed by atoms with E-state index in [1.54, 1.807) is 14.2 Å². The molecule has 25 heavy (non-hydrogen) atoms. The van der Waals surface area contributed by atoms with Gasteiger partial charge in [-0.3, -0.25) is 4.57 Å². The Morgan fingerprint density at radius 2 is 1.72 bits per heavy atom. The molecule has 0 aliphatic carbocycles. The lowest BCUT2D eigenvalue weighted by molar-refractivity contribution is 0.122. The number of nitrogens with zero attached hydrogens (tertiary/aromatic N) is 3. The number of anilines is 1. The van der Waals surface area contributed by atoms with Crippen molar-refractivity contribution >= 4 is 16.7 Å². The molecule has 4 rings (SSSR count). The van der Waals surface area contributed by atoms with Crippen LogP contribution in [0.2, 0.25) is 0 Å². The van der Waals surface area contributed by atoms with E-state index in [0.29, 0.717) is 0 Å². The minimum atomic E-state index is 0.735. The molecule has 0 amide bonds. The molecule has 0 spiro atoms. The average molecular weight is 339 g/mol. The molecule has 1 aromatic heterocycles. The largest absolute Gasteiger partial charge is 0.497 e. The van der Waals surface area contributed by atoms with Crippen LogP contribution in [0.3, 0.4) is 0 Å². The molecule has 6 nitrogen and oxygen atoms in total. The third-order valence-electron chi connectivity index (χ3n) is 4.55. The lowest BCUT2D eigenvalue weighted by atomic mass is 10.2. The average Bonchev–Trinajstić information content (AvgIpc) is 3.12. The van der Waals surface area contributed by atoms with Crippen LogP contribution in [0.4, 0.5) is 5.69 Å². The maximum atomic E-state index is 5.81. The number of aromatic nitrogens is 2. The molecule has 130 valence electrons. The number of hydrogen-bond donors (Lipinski definition) is 0. The second kappa shape index (κ2) is 6.64. The molecule has 1 aliphatic heterocycles. The van der Waals surface area contributed by atoms with Gasteiger partial charge in [-0.2, -0.15) is 0 Å². The predicted molar refractivity (Wildman–Crippen MR) is 97.2 cm³/mol. The molecule has 2 heterocycles. The SMILES string of the molecule is COc1ccc(-n2cnc3ccc(N4CCOCC4)c(OC)c32)cc1. The molecule has 1 saturated heterocycles. The van der Waals surface area contributed by atoms with E-state index in [1.807, 2.05) is 36.7 Å². The summed E-state index contributed by atoms with van der Waals surface area (Å²) < 4.78 is 18.6. The Balaban J connectivity index is 1.84. The Morgan fingerprint density at radius 1 is 0.960 bits per heavy atom. The van der Waals surface area contributed by atoms with E-state index in [1.165, 1.54) is 0 Å². The molecule has 3 aromatic rings. The van der Waals surface area contributed by atoms with Crippen molar-refractivity contribution in [2.75, 3.05) is 45.4 Å². The van der Waals surface area contributed by atoms with Gasteiger partial charge in [-0.1, -0.05) is 0 Å². The quantitative estimate of drug-likeness (QED) is 0.731. The molecular formula is C19H21N3O3. The van der Waals surface area contributed by atoms with Crippen LogP contribution >= 0.6 is 0 Å². The minimum absolute atomic E-state index is 0.735. The van der Waals surface area contributed by atoms with Crippen molar-refractivity contribution in [2.45, 2.75) is 0 Å². The summed E-state index contributed by atoms with van der Waals surface area (Å²) in [7, 11) is 3.38. The minimum Gasteiger partial charge on any atom is -0.497 e.